The number of aliphatic hydroxyl groups excluding tert-OH is 1. The highest BCUT2D eigenvalue weighted by Gasteiger charge is 2.31. The molecule has 1 rings (SSSR count). The van der Waals surface area contributed by atoms with Crippen LogP contribution in [0.25, 0.3) is 0 Å². The number of hydrogen-bond donors (Lipinski definition) is 2. The van der Waals surface area contributed by atoms with Crippen molar-refractivity contribution in [1.82, 2.24) is 10.2 Å². The molecule has 136 valence electrons. The van der Waals surface area contributed by atoms with E-state index in [0.29, 0.717) is 18.5 Å². The van der Waals surface area contributed by atoms with Crippen LogP contribution >= 0.6 is 0 Å². The summed E-state index contributed by atoms with van der Waals surface area (Å²) < 4.78 is 5.53. The summed E-state index contributed by atoms with van der Waals surface area (Å²) in [4.78, 5) is 14.2. The molecule has 23 heavy (non-hydrogen) atoms. The van der Waals surface area contributed by atoms with Crippen LogP contribution in [-0.4, -0.2) is 53.0 Å². The number of amides is 1. The number of aliphatic hydroxyl groups is 1. The van der Waals surface area contributed by atoms with Crippen LogP contribution in [0.5, 0.6) is 0 Å². The lowest BCUT2D eigenvalue weighted by Crippen LogP contribution is -2.51. The number of carbonyl (C=O) groups is 1. The normalized spacial score (nSPS) is 22.7. The second kappa shape index (κ2) is 8.34. The van der Waals surface area contributed by atoms with E-state index in [9.17, 15) is 9.90 Å². The number of carbonyl (C=O) groups excluding carboxylic acids is 1. The van der Waals surface area contributed by atoms with Crippen LogP contribution in [0, 0.1) is 5.92 Å². The summed E-state index contributed by atoms with van der Waals surface area (Å²) in [6.45, 7) is 13.3. The maximum absolute atomic E-state index is 12.4. The molecule has 0 aliphatic heterocycles. The Morgan fingerprint density at radius 3 is 2.30 bits per heavy atom. The van der Waals surface area contributed by atoms with Gasteiger partial charge < -0.3 is 20.1 Å². The molecule has 1 fully saturated rings. The van der Waals surface area contributed by atoms with Gasteiger partial charge in [-0.25, -0.2) is 4.79 Å². The highest BCUT2D eigenvalue weighted by molar-refractivity contribution is 5.69. The van der Waals surface area contributed by atoms with E-state index in [2.05, 4.69) is 5.32 Å². The fourth-order valence-corrected chi connectivity index (χ4v) is 3.07. The molecule has 1 aliphatic rings. The second-order valence-corrected chi connectivity index (χ2v) is 8.59. The van der Waals surface area contributed by atoms with Gasteiger partial charge in [-0.05, 0) is 60.3 Å². The zero-order chi connectivity index (χ0) is 17.7. The van der Waals surface area contributed by atoms with Crippen LogP contribution in [0.4, 0.5) is 4.79 Å². The third-order valence-corrected chi connectivity index (χ3v) is 4.31. The molecule has 0 saturated heterocycles. The highest BCUT2D eigenvalue weighted by atomic mass is 16.6. The molecule has 0 spiro atoms. The summed E-state index contributed by atoms with van der Waals surface area (Å²) in [5, 5.41) is 13.0. The van der Waals surface area contributed by atoms with Crippen molar-refractivity contribution in [2.45, 2.75) is 84.4 Å². The molecule has 1 aliphatic carbocycles. The van der Waals surface area contributed by atoms with E-state index < -0.39 is 5.60 Å². The number of hydrogen-bond acceptors (Lipinski definition) is 4. The Balaban J connectivity index is 2.56. The van der Waals surface area contributed by atoms with E-state index in [-0.39, 0.29) is 18.2 Å². The predicted octanol–water partition coefficient (Wildman–Crippen LogP) is 3.16. The molecular formula is C18H36N2O3. The van der Waals surface area contributed by atoms with Crippen molar-refractivity contribution in [1.29, 1.82) is 0 Å². The fraction of sp³-hybridized carbons (Fsp3) is 0.944. The number of ether oxygens (including phenoxy) is 1. The molecule has 0 aromatic carbocycles. The summed E-state index contributed by atoms with van der Waals surface area (Å²) in [5.41, 5.74) is -0.772. The van der Waals surface area contributed by atoms with E-state index in [1.165, 1.54) is 12.8 Å². The monoisotopic (exact) mass is 328 g/mol. The van der Waals surface area contributed by atoms with Crippen molar-refractivity contribution in [3.63, 3.8) is 0 Å². The smallest absolute Gasteiger partial charge is 0.410 e. The van der Waals surface area contributed by atoms with Crippen LogP contribution < -0.4 is 5.32 Å². The Labute approximate surface area is 141 Å². The second-order valence-electron chi connectivity index (χ2n) is 8.59. The van der Waals surface area contributed by atoms with Gasteiger partial charge in [-0.3, -0.25) is 0 Å². The van der Waals surface area contributed by atoms with Gasteiger partial charge in [0.05, 0.1) is 0 Å². The molecule has 0 bridgehead atoms. The Morgan fingerprint density at radius 1 is 1.17 bits per heavy atom. The van der Waals surface area contributed by atoms with Gasteiger partial charge in [0, 0.05) is 31.3 Å². The Kier molecular flexibility index (Phi) is 7.33. The predicted molar refractivity (Wildman–Crippen MR) is 93.5 cm³/mol. The molecule has 0 heterocycles. The third kappa shape index (κ3) is 7.08. The number of rotatable bonds is 5. The van der Waals surface area contributed by atoms with E-state index in [1.54, 1.807) is 4.90 Å². The van der Waals surface area contributed by atoms with Gasteiger partial charge in [0.2, 0.25) is 0 Å². The van der Waals surface area contributed by atoms with Crippen molar-refractivity contribution in [3.05, 3.63) is 0 Å². The van der Waals surface area contributed by atoms with E-state index in [0.717, 1.165) is 19.4 Å². The minimum atomic E-state index is -0.487. The summed E-state index contributed by atoms with van der Waals surface area (Å²) in [6.07, 6.45) is 4.34. The topological polar surface area (TPSA) is 61.8 Å². The van der Waals surface area contributed by atoms with Crippen molar-refractivity contribution in [2.24, 2.45) is 5.92 Å². The molecular weight excluding hydrogens is 292 g/mol. The summed E-state index contributed by atoms with van der Waals surface area (Å²) in [6, 6.07) is 0.356. The molecule has 2 N–H and O–H groups in total. The zero-order valence-electron chi connectivity index (χ0n) is 15.8. The number of nitrogens with one attached hydrogen (secondary N) is 1. The molecule has 1 amide bonds. The van der Waals surface area contributed by atoms with Crippen LogP contribution in [-0.2, 0) is 4.74 Å². The number of nitrogens with zero attached hydrogens (tertiary/aromatic N) is 1. The fourth-order valence-electron chi connectivity index (χ4n) is 3.07. The van der Waals surface area contributed by atoms with Crippen molar-refractivity contribution < 1.29 is 14.6 Å². The SMILES string of the molecule is CC(C)(C)OC(=O)N(CCNC1CCCCC1CO)C(C)(C)C. The van der Waals surface area contributed by atoms with Gasteiger partial charge in [-0.1, -0.05) is 12.8 Å². The maximum atomic E-state index is 12.4. The van der Waals surface area contributed by atoms with Gasteiger partial charge >= 0.3 is 6.09 Å². The van der Waals surface area contributed by atoms with E-state index in [4.69, 9.17) is 4.74 Å². The first-order valence-corrected chi connectivity index (χ1v) is 8.89. The molecule has 1 saturated carbocycles. The lowest BCUT2D eigenvalue weighted by Gasteiger charge is -2.38. The van der Waals surface area contributed by atoms with Crippen LogP contribution in [0.1, 0.15) is 67.2 Å². The molecule has 0 radical (unpaired) electrons. The van der Waals surface area contributed by atoms with Gasteiger partial charge in [0.15, 0.2) is 0 Å². The first-order chi connectivity index (χ1) is 10.5. The summed E-state index contributed by atoms with van der Waals surface area (Å²) in [5.74, 6) is 0.341. The minimum absolute atomic E-state index is 0.243. The lowest BCUT2D eigenvalue weighted by atomic mass is 9.85. The van der Waals surface area contributed by atoms with Crippen LogP contribution in [0.3, 0.4) is 0 Å². The van der Waals surface area contributed by atoms with E-state index in [1.807, 2.05) is 41.5 Å². The molecule has 5 nitrogen and oxygen atoms in total. The van der Waals surface area contributed by atoms with Crippen molar-refractivity contribution in [3.8, 4) is 0 Å². The Hall–Kier alpha value is -0.810. The van der Waals surface area contributed by atoms with Gasteiger partial charge in [0.25, 0.3) is 0 Å². The standard InChI is InChI=1S/C18H36N2O3/c1-17(2,3)20(16(22)23-18(4,5)6)12-11-19-15-10-8-7-9-14(15)13-21/h14-15,19,21H,7-13H2,1-6H3. The van der Waals surface area contributed by atoms with E-state index >= 15 is 0 Å². The zero-order valence-corrected chi connectivity index (χ0v) is 15.8. The van der Waals surface area contributed by atoms with Crippen molar-refractivity contribution >= 4 is 6.09 Å². The average molecular weight is 328 g/mol. The third-order valence-electron chi connectivity index (χ3n) is 4.31. The largest absolute Gasteiger partial charge is 0.444 e. The molecule has 0 aromatic heterocycles. The quantitative estimate of drug-likeness (QED) is 0.814. The van der Waals surface area contributed by atoms with Gasteiger partial charge in [0.1, 0.15) is 5.60 Å². The Bertz CT molecular complexity index is 371. The molecule has 0 aromatic rings. The summed E-state index contributed by atoms with van der Waals surface area (Å²) in [7, 11) is 0. The molecule has 2 atom stereocenters. The first kappa shape index (κ1) is 20.2. The first-order valence-electron chi connectivity index (χ1n) is 8.89. The molecule has 2 unspecified atom stereocenters. The maximum Gasteiger partial charge on any atom is 0.410 e. The van der Waals surface area contributed by atoms with Gasteiger partial charge in [-0.2, -0.15) is 0 Å². The average Bonchev–Trinajstić information content (AvgIpc) is 2.40. The van der Waals surface area contributed by atoms with Crippen molar-refractivity contribution in [2.75, 3.05) is 19.7 Å². The van der Waals surface area contributed by atoms with Crippen LogP contribution in [0.15, 0.2) is 0 Å². The minimum Gasteiger partial charge on any atom is -0.444 e. The van der Waals surface area contributed by atoms with Gasteiger partial charge in [-0.15, -0.1) is 0 Å². The van der Waals surface area contributed by atoms with Crippen LogP contribution in [0.2, 0.25) is 0 Å². The molecule has 5 heteroatoms. The highest BCUT2D eigenvalue weighted by Crippen LogP contribution is 2.24. The Morgan fingerprint density at radius 2 is 1.78 bits per heavy atom. The lowest BCUT2D eigenvalue weighted by molar-refractivity contribution is 0.00607. The summed E-state index contributed by atoms with van der Waals surface area (Å²) >= 11 is 0.